The maximum Gasteiger partial charge on any atom is 0.417 e. The van der Waals surface area contributed by atoms with Gasteiger partial charge in [0.1, 0.15) is 5.69 Å². The molecule has 40 heavy (non-hydrogen) atoms. The van der Waals surface area contributed by atoms with Gasteiger partial charge in [0.25, 0.3) is 5.91 Å². The highest BCUT2D eigenvalue weighted by Crippen LogP contribution is 2.43. The van der Waals surface area contributed by atoms with E-state index in [-0.39, 0.29) is 12.8 Å². The molecule has 16 heteroatoms. The van der Waals surface area contributed by atoms with Crippen LogP contribution < -0.4 is 0 Å². The Kier molecular flexibility index (Phi) is 8.40. The molecule has 1 amide bonds. The first-order valence-electron chi connectivity index (χ1n) is 11.8. The summed E-state index contributed by atoms with van der Waals surface area (Å²) in [5, 5.41) is -4.14. The second kappa shape index (κ2) is 10.6. The van der Waals surface area contributed by atoms with Crippen molar-refractivity contribution in [2.75, 3.05) is 7.05 Å². The van der Waals surface area contributed by atoms with Crippen LogP contribution in [-0.4, -0.2) is 56.0 Å². The average Bonchev–Trinajstić information content (AvgIpc) is 2.86. The van der Waals surface area contributed by atoms with Crippen LogP contribution >= 0.6 is 0 Å². The summed E-state index contributed by atoms with van der Waals surface area (Å²) in [6.45, 7) is 2.42. The van der Waals surface area contributed by atoms with Crippen LogP contribution in [0.3, 0.4) is 0 Å². The van der Waals surface area contributed by atoms with Crippen molar-refractivity contribution < 1.29 is 52.4 Å². The molecular weight excluding hydrogens is 593 g/mol. The molecule has 0 unspecified atom stereocenters. The first kappa shape index (κ1) is 31.8. The van der Waals surface area contributed by atoms with Crippen molar-refractivity contribution >= 4 is 25.6 Å². The minimum absolute atomic E-state index is 0.288. The van der Waals surface area contributed by atoms with Crippen molar-refractivity contribution in [2.24, 2.45) is 0 Å². The summed E-state index contributed by atoms with van der Waals surface area (Å²) in [7, 11) is -8.12. The number of pyridine rings is 1. The van der Waals surface area contributed by atoms with Crippen molar-refractivity contribution in [3.05, 3.63) is 53.3 Å². The molecule has 1 heterocycles. The maximum absolute atomic E-state index is 15.7. The number of carbonyl (C=O) groups excluding carboxylic acids is 1. The Hall–Kier alpha value is -2.75. The van der Waals surface area contributed by atoms with Gasteiger partial charge in [0.05, 0.1) is 26.2 Å². The fourth-order valence-electron chi connectivity index (χ4n) is 4.30. The Morgan fingerprint density at radius 2 is 1.52 bits per heavy atom. The molecule has 1 fully saturated rings. The summed E-state index contributed by atoms with van der Waals surface area (Å²) in [6.07, 6.45) is -11.5. The summed E-state index contributed by atoms with van der Waals surface area (Å²) in [4.78, 5) is 15.9. The zero-order valence-corrected chi connectivity index (χ0v) is 23.0. The molecule has 0 bridgehead atoms. The second-order valence-corrected chi connectivity index (χ2v) is 14.4. The van der Waals surface area contributed by atoms with Gasteiger partial charge in [0, 0.05) is 19.3 Å². The van der Waals surface area contributed by atoms with E-state index in [0.717, 1.165) is 17.0 Å². The molecule has 0 atom stereocenters. The van der Waals surface area contributed by atoms with Crippen LogP contribution in [0.25, 0.3) is 0 Å². The summed E-state index contributed by atoms with van der Waals surface area (Å²) in [5.41, 5.74) is -3.43. The zero-order valence-electron chi connectivity index (χ0n) is 21.3. The molecule has 0 radical (unpaired) electrons. The van der Waals surface area contributed by atoms with Crippen LogP contribution in [0, 0.1) is 0 Å². The van der Waals surface area contributed by atoms with Crippen molar-refractivity contribution in [1.29, 1.82) is 0 Å². The Bertz CT molecular complexity index is 1500. The second-order valence-electron chi connectivity index (χ2n) is 9.72. The monoisotopic (exact) mass is 618 g/mol. The predicted octanol–water partition coefficient (Wildman–Crippen LogP) is 5.46. The highest BCUT2D eigenvalue weighted by molar-refractivity contribution is 7.92. The van der Waals surface area contributed by atoms with E-state index >= 15 is 4.39 Å². The number of sulfone groups is 2. The Morgan fingerprint density at radius 1 is 0.975 bits per heavy atom. The van der Waals surface area contributed by atoms with E-state index in [1.165, 1.54) is 20.9 Å². The van der Waals surface area contributed by atoms with Gasteiger partial charge in [-0.2, -0.15) is 26.3 Å². The number of halogens is 7. The van der Waals surface area contributed by atoms with Gasteiger partial charge in [-0.1, -0.05) is 6.07 Å². The third kappa shape index (κ3) is 5.97. The molecule has 1 saturated carbocycles. The summed E-state index contributed by atoms with van der Waals surface area (Å²) < 4.78 is 146. The largest absolute Gasteiger partial charge is 0.417 e. The molecule has 3 rings (SSSR count). The van der Waals surface area contributed by atoms with E-state index < -0.39 is 93.7 Å². The molecule has 1 aromatic carbocycles. The normalized spacial score (nSPS) is 20.9. The van der Waals surface area contributed by atoms with Crippen LogP contribution in [0.5, 0.6) is 0 Å². The third-order valence-corrected chi connectivity index (χ3v) is 11.2. The summed E-state index contributed by atoms with van der Waals surface area (Å²) in [5.74, 6) is -1.08. The minimum Gasteiger partial charge on any atom is -0.337 e. The Labute approximate surface area is 226 Å². The molecule has 0 saturated heterocycles. The van der Waals surface area contributed by atoms with Crippen molar-refractivity contribution in [3.63, 3.8) is 0 Å². The van der Waals surface area contributed by atoms with Gasteiger partial charge in [-0.3, -0.25) is 4.79 Å². The number of hydrogen-bond donors (Lipinski definition) is 0. The van der Waals surface area contributed by atoms with E-state index in [0.29, 0.717) is 24.4 Å². The smallest absolute Gasteiger partial charge is 0.337 e. The molecule has 2 aromatic rings. The summed E-state index contributed by atoms with van der Waals surface area (Å²) >= 11 is 0. The lowest BCUT2D eigenvalue weighted by molar-refractivity contribution is -0.138. The maximum atomic E-state index is 15.7. The lowest BCUT2D eigenvalue weighted by Gasteiger charge is -2.37. The van der Waals surface area contributed by atoms with E-state index in [2.05, 4.69) is 4.98 Å². The van der Waals surface area contributed by atoms with Crippen molar-refractivity contribution in [3.8, 4) is 0 Å². The first-order chi connectivity index (χ1) is 18.1. The van der Waals surface area contributed by atoms with Crippen LogP contribution in [0.1, 0.15) is 61.1 Å². The predicted molar refractivity (Wildman–Crippen MR) is 128 cm³/mol. The number of alkyl halides is 7. The van der Waals surface area contributed by atoms with Crippen LogP contribution in [-0.2, 0) is 32.0 Å². The lowest BCUT2D eigenvalue weighted by atomic mass is 9.92. The number of rotatable bonds is 6. The molecule has 1 aliphatic rings. The van der Waals surface area contributed by atoms with Gasteiger partial charge in [0.2, 0.25) is 14.8 Å². The Morgan fingerprint density at radius 3 is 2.02 bits per heavy atom. The molecule has 7 nitrogen and oxygen atoms in total. The highest BCUT2D eigenvalue weighted by Gasteiger charge is 2.49. The van der Waals surface area contributed by atoms with Gasteiger partial charge < -0.3 is 4.90 Å². The average molecular weight is 619 g/mol. The molecule has 1 aliphatic carbocycles. The number of aromatic nitrogens is 1. The number of hydrogen-bond acceptors (Lipinski definition) is 6. The molecule has 0 N–H and O–H groups in total. The number of benzene rings is 1. The number of carbonyl (C=O) groups is 1. The Balaban J connectivity index is 1.88. The standard InChI is InChI=1S/C24H25F7N2O5S2/c1-14(2)39(35,36)19-12-16(24(29,30)31)13-32-20(19)21(34)33(3)17-7-9-22(25,10-8-17)40(37,38)18-6-4-5-15(11-18)23(26,27)28/h4-6,11-14,17H,7-10H2,1-3H3. The summed E-state index contributed by atoms with van der Waals surface area (Å²) in [6, 6.07) is 2.12. The number of nitrogens with zero attached hydrogens (tertiary/aromatic N) is 2. The fourth-order valence-corrected chi connectivity index (χ4v) is 7.25. The van der Waals surface area contributed by atoms with Gasteiger partial charge in [0.15, 0.2) is 9.84 Å². The van der Waals surface area contributed by atoms with E-state index in [1.54, 1.807) is 0 Å². The zero-order chi connectivity index (χ0) is 30.5. The molecule has 0 spiro atoms. The number of amides is 1. The topological polar surface area (TPSA) is 101 Å². The SMILES string of the molecule is CC(C)S(=O)(=O)c1cc(C(F)(F)F)cnc1C(=O)N(C)C1CCC(F)(S(=O)(=O)c2cccc(C(F)(F)F)c2)CC1. The molecular formula is C24H25F7N2O5S2. The highest BCUT2D eigenvalue weighted by atomic mass is 32.2. The van der Waals surface area contributed by atoms with E-state index in [4.69, 9.17) is 0 Å². The van der Waals surface area contributed by atoms with Crippen LogP contribution in [0.4, 0.5) is 30.7 Å². The third-order valence-electron chi connectivity index (χ3n) is 6.83. The van der Waals surface area contributed by atoms with Gasteiger partial charge in [-0.25, -0.2) is 26.2 Å². The molecule has 222 valence electrons. The fraction of sp³-hybridized carbons (Fsp3) is 0.500. The van der Waals surface area contributed by atoms with E-state index in [9.17, 15) is 48.0 Å². The van der Waals surface area contributed by atoms with Crippen LogP contribution in [0.15, 0.2) is 46.3 Å². The lowest BCUT2D eigenvalue weighted by Crippen LogP contribution is -2.46. The quantitative estimate of drug-likeness (QED) is 0.399. The van der Waals surface area contributed by atoms with Crippen molar-refractivity contribution in [1.82, 2.24) is 9.88 Å². The van der Waals surface area contributed by atoms with Gasteiger partial charge in [-0.15, -0.1) is 0 Å². The van der Waals surface area contributed by atoms with Gasteiger partial charge in [-0.05, 0) is 63.8 Å². The first-order valence-corrected chi connectivity index (χ1v) is 14.8. The van der Waals surface area contributed by atoms with E-state index in [1.807, 2.05) is 0 Å². The van der Waals surface area contributed by atoms with Crippen molar-refractivity contribution in [2.45, 2.75) is 78.0 Å². The van der Waals surface area contributed by atoms with Crippen LogP contribution in [0.2, 0.25) is 0 Å². The molecule has 1 aromatic heterocycles. The van der Waals surface area contributed by atoms with Gasteiger partial charge >= 0.3 is 12.4 Å². The minimum atomic E-state index is -4.94. The molecule has 0 aliphatic heterocycles.